The van der Waals surface area contributed by atoms with E-state index in [4.69, 9.17) is 23.2 Å². The van der Waals surface area contributed by atoms with Crippen LogP contribution in [0.1, 0.15) is 61.9 Å². The summed E-state index contributed by atoms with van der Waals surface area (Å²) in [5, 5.41) is 5.79. The van der Waals surface area contributed by atoms with E-state index >= 15 is 0 Å². The number of carbonyl (C=O) groups excluding carboxylic acids is 3. The number of unbranched alkanes of at least 4 members (excludes halogenated alkanes) is 1. The van der Waals surface area contributed by atoms with Gasteiger partial charge in [0.1, 0.15) is 6.04 Å². The molecule has 0 unspecified atom stereocenters. The molecule has 0 bridgehead atoms. The molecular formula is C30H33Cl2N3O3. The fraction of sp³-hybridized carbons (Fsp3) is 0.367. The quantitative estimate of drug-likeness (QED) is 0.256. The Balaban J connectivity index is 1.48. The van der Waals surface area contributed by atoms with E-state index in [1.54, 1.807) is 21.9 Å². The summed E-state index contributed by atoms with van der Waals surface area (Å²) in [7, 11) is 0. The number of nitrogens with zero attached hydrogens (tertiary/aromatic N) is 2. The largest absolute Gasteiger partial charge is 0.354 e. The Hall–Kier alpha value is -3.09. The molecule has 0 spiro atoms. The van der Waals surface area contributed by atoms with Crippen LogP contribution in [0.2, 0.25) is 10.0 Å². The van der Waals surface area contributed by atoms with Gasteiger partial charge in [-0.15, -0.1) is 0 Å². The molecule has 6 nitrogen and oxygen atoms in total. The second kappa shape index (κ2) is 12.6. The van der Waals surface area contributed by atoms with Crippen molar-refractivity contribution in [2.24, 2.45) is 0 Å². The maximum Gasteiger partial charge on any atom is 0.258 e. The van der Waals surface area contributed by atoms with Crippen LogP contribution in [0.25, 0.3) is 10.8 Å². The number of anilines is 1. The topological polar surface area (TPSA) is 69.7 Å². The second-order valence-corrected chi connectivity index (χ2v) is 10.4. The van der Waals surface area contributed by atoms with E-state index in [0.29, 0.717) is 41.5 Å². The summed E-state index contributed by atoms with van der Waals surface area (Å²) in [4.78, 5) is 43.1. The molecule has 4 rings (SSSR count). The van der Waals surface area contributed by atoms with Crippen molar-refractivity contribution in [3.05, 3.63) is 75.8 Å². The minimum Gasteiger partial charge on any atom is -0.354 e. The molecule has 0 fully saturated rings. The number of benzene rings is 3. The van der Waals surface area contributed by atoms with E-state index in [2.05, 4.69) is 12.2 Å². The fourth-order valence-electron chi connectivity index (χ4n) is 4.99. The van der Waals surface area contributed by atoms with Gasteiger partial charge >= 0.3 is 0 Å². The summed E-state index contributed by atoms with van der Waals surface area (Å²) in [6, 6.07) is 16.3. The van der Waals surface area contributed by atoms with E-state index in [1.165, 1.54) is 0 Å². The van der Waals surface area contributed by atoms with Gasteiger partial charge in [0.05, 0.1) is 15.7 Å². The molecule has 1 N–H and O–H groups in total. The first-order valence-electron chi connectivity index (χ1n) is 13.2. The molecule has 0 aliphatic carbocycles. The summed E-state index contributed by atoms with van der Waals surface area (Å²) in [5.41, 5.74) is 2.37. The maximum atomic E-state index is 13.6. The first kappa shape index (κ1) is 27.9. The van der Waals surface area contributed by atoms with E-state index in [9.17, 15) is 14.4 Å². The Kier molecular flexibility index (Phi) is 9.29. The van der Waals surface area contributed by atoms with E-state index in [1.807, 2.05) is 49.4 Å². The minimum atomic E-state index is -0.611. The molecule has 3 aromatic rings. The predicted octanol–water partition coefficient (Wildman–Crippen LogP) is 6.61. The molecule has 0 aromatic heterocycles. The molecule has 1 aliphatic heterocycles. The first-order valence-corrected chi connectivity index (χ1v) is 14.0. The molecule has 3 aromatic carbocycles. The standard InChI is InChI=1S/C30H33Cl2N3O3/c1-3-5-16-33-29(37)25(4-2)35(19-20-14-15-23(31)24(32)18-20)27(36)13-8-17-34-26-12-7-10-21-9-6-11-22(28(21)26)30(34)38/h6-7,9-12,14-15,18,25H,3-5,8,13,16-17,19H2,1-2H3,(H,33,37)/t25-/m1/s1. The Morgan fingerprint density at radius 2 is 1.76 bits per heavy atom. The number of halogens is 2. The monoisotopic (exact) mass is 553 g/mol. The number of rotatable bonds is 12. The smallest absolute Gasteiger partial charge is 0.258 e. The first-order chi connectivity index (χ1) is 18.3. The lowest BCUT2D eigenvalue weighted by molar-refractivity contribution is -0.141. The van der Waals surface area contributed by atoms with Crippen molar-refractivity contribution in [1.82, 2.24) is 10.2 Å². The summed E-state index contributed by atoms with van der Waals surface area (Å²) in [6.45, 7) is 5.19. The van der Waals surface area contributed by atoms with Crippen LogP contribution in [0.5, 0.6) is 0 Å². The lowest BCUT2D eigenvalue weighted by atomic mass is 10.1. The van der Waals surface area contributed by atoms with Crippen LogP contribution >= 0.6 is 23.2 Å². The minimum absolute atomic E-state index is 0.0429. The molecule has 8 heteroatoms. The molecule has 0 radical (unpaired) electrons. The van der Waals surface area contributed by atoms with Gasteiger partial charge in [0.15, 0.2) is 0 Å². The van der Waals surface area contributed by atoms with Crippen molar-refractivity contribution in [1.29, 1.82) is 0 Å². The maximum absolute atomic E-state index is 13.6. The average Bonchev–Trinajstić information content (AvgIpc) is 3.18. The van der Waals surface area contributed by atoms with E-state index in [-0.39, 0.29) is 30.7 Å². The van der Waals surface area contributed by atoms with Crippen molar-refractivity contribution < 1.29 is 14.4 Å². The van der Waals surface area contributed by atoms with Crippen molar-refractivity contribution in [3.63, 3.8) is 0 Å². The average molecular weight is 555 g/mol. The third-order valence-electron chi connectivity index (χ3n) is 6.97. The van der Waals surface area contributed by atoms with Gasteiger partial charge in [-0.05, 0) is 54.5 Å². The fourth-order valence-corrected chi connectivity index (χ4v) is 5.31. The molecule has 1 atom stereocenters. The van der Waals surface area contributed by atoms with Gasteiger partial charge in [0.25, 0.3) is 5.91 Å². The number of nitrogens with one attached hydrogen (secondary N) is 1. The SMILES string of the molecule is CCCCNC(=O)[C@@H](CC)N(Cc1ccc(Cl)c(Cl)c1)C(=O)CCCN1C(=O)c2cccc3cccc1c23. The van der Waals surface area contributed by atoms with Crippen LogP contribution in [0.15, 0.2) is 54.6 Å². The zero-order valence-electron chi connectivity index (χ0n) is 21.8. The summed E-state index contributed by atoms with van der Waals surface area (Å²) in [5.74, 6) is -0.346. The Labute approximate surface area is 233 Å². The van der Waals surface area contributed by atoms with Gasteiger partial charge in [-0.1, -0.05) is 73.8 Å². The molecule has 1 heterocycles. The van der Waals surface area contributed by atoms with Gasteiger partial charge in [-0.3, -0.25) is 14.4 Å². The van der Waals surface area contributed by atoms with Crippen LogP contribution in [-0.2, 0) is 16.1 Å². The van der Waals surface area contributed by atoms with Crippen molar-refractivity contribution in [3.8, 4) is 0 Å². The molecule has 0 saturated heterocycles. The highest BCUT2D eigenvalue weighted by atomic mass is 35.5. The number of hydrogen-bond donors (Lipinski definition) is 1. The number of amides is 3. The normalized spacial score (nSPS) is 13.2. The van der Waals surface area contributed by atoms with E-state index in [0.717, 1.165) is 34.9 Å². The number of hydrogen-bond acceptors (Lipinski definition) is 3. The van der Waals surface area contributed by atoms with Gasteiger partial charge in [-0.25, -0.2) is 0 Å². The Morgan fingerprint density at radius 3 is 2.47 bits per heavy atom. The number of carbonyl (C=O) groups is 3. The summed E-state index contributed by atoms with van der Waals surface area (Å²) in [6.07, 6.45) is 3.00. The summed E-state index contributed by atoms with van der Waals surface area (Å²) < 4.78 is 0. The van der Waals surface area contributed by atoms with Gasteiger partial charge in [0, 0.05) is 37.0 Å². The van der Waals surface area contributed by atoms with Crippen molar-refractivity contribution in [2.45, 2.75) is 58.5 Å². The van der Waals surface area contributed by atoms with Crippen molar-refractivity contribution in [2.75, 3.05) is 18.0 Å². The zero-order chi connectivity index (χ0) is 27.2. The van der Waals surface area contributed by atoms with Crippen LogP contribution in [-0.4, -0.2) is 41.8 Å². The molecule has 3 amide bonds. The van der Waals surface area contributed by atoms with Crippen LogP contribution in [0.3, 0.4) is 0 Å². The van der Waals surface area contributed by atoms with Crippen LogP contribution in [0, 0.1) is 0 Å². The highest BCUT2D eigenvalue weighted by Gasteiger charge is 2.31. The zero-order valence-corrected chi connectivity index (χ0v) is 23.3. The van der Waals surface area contributed by atoms with E-state index < -0.39 is 6.04 Å². The van der Waals surface area contributed by atoms with Gasteiger partial charge < -0.3 is 15.1 Å². The van der Waals surface area contributed by atoms with Crippen LogP contribution < -0.4 is 10.2 Å². The van der Waals surface area contributed by atoms with Gasteiger partial charge in [0.2, 0.25) is 11.8 Å². The lowest BCUT2D eigenvalue weighted by Crippen LogP contribution is -2.49. The highest BCUT2D eigenvalue weighted by Crippen LogP contribution is 2.37. The third kappa shape index (κ3) is 5.97. The third-order valence-corrected chi connectivity index (χ3v) is 7.71. The van der Waals surface area contributed by atoms with Gasteiger partial charge in [-0.2, -0.15) is 0 Å². The highest BCUT2D eigenvalue weighted by molar-refractivity contribution is 6.42. The molecule has 38 heavy (non-hydrogen) atoms. The lowest BCUT2D eigenvalue weighted by Gasteiger charge is -2.31. The molecular weight excluding hydrogens is 521 g/mol. The molecule has 200 valence electrons. The Bertz CT molecular complexity index is 1340. The molecule has 1 aliphatic rings. The van der Waals surface area contributed by atoms with Crippen LogP contribution in [0.4, 0.5) is 5.69 Å². The second-order valence-electron chi connectivity index (χ2n) is 9.58. The Morgan fingerprint density at radius 1 is 1.00 bits per heavy atom. The predicted molar refractivity (Wildman–Crippen MR) is 154 cm³/mol. The summed E-state index contributed by atoms with van der Waals surface area (Å²) >= 11 is 12.3. The van der Waals surface area contributed by atoms with Crippen molar-refractivity contribution >= 4 is 57.4 Å². The molecule has 0 saturated carbocycles.